The van der Waals surface area contributed by atoms with Gasteiger partial charge in [-0.05, 0) is 13.8 Å². The van der Waals surface area contributed by atoms with Crippen LogP contribution >= 0.6 is 0 Å². The standard InChI is InChI=1S/C16H22N6O3/c1-9-5-13(20-25-9)19-14(23)8-17-12-6-15(24)21(3)16(12)11-7-18-22(4)10(11)2/h5,7,12,16-17H,6,8H2,1-4H3,(H,19,20,23)/t12-,16+/m1/s1. The van der Waals surface area contributed by atoms with Crippen LogP contribution in [0.1, 0.15) is 29.5 Å². The molecule has 9 nitrogen and oxygen atoms in total. The summed E-state index contributed by atoms with van der Waals surface area (Å²) >= 11 is 0. The molecule has 2 amide bonds. The molecule has 3 heterocycles. The van der Waals surface area contributed by atoms with Crippen molar-refractivity contribution in [3.8, 4) is 0 Å². The lowest BCUT2D eigenvalue weighted by Gasteiger charge is -2.25. The van der Waals surface area contributed by atoms with Gasteiger partial charge < -0.3 is 20.1 Å². The number of amides is 2. The van der Waals surface area contributed by atoms with Gasteiger partial charge in [-0.25, -0.2) is 0 Å². The maximum atomic E-state index is 12.2. The zero-order valence-electron chi connectivity index (χ0n) is 14.7. The molecule has 0 spiro atoms. The Morgan fingerprint density at radius 3 is 2.76 bits per heavy atom. The number of carbonyl (C=O) groups is 2. The predicted molar refractivity (Wildman–Crippen MR) is 89.7 cm³/mol. The quantitative estimate of drug-likeness (QED) is 0.818. The summed E-state index contributed by atoms with van der Waals surface area (Å²) in [5.74, 6) is 0.803. The lowest BCUT2D eigenvalue weighted by molar-refractivity contribution is -0.127. The first-order valence-corrected chi connectivity index (χ1v) is 8.07. The second-order valence-corrected chi connectivity index (χ2v) is 6.32. The predicted octanol–water partition coefficient (Wildman–Crippen LogP) is 0.525. The summed E-state index contributed by atoms with van der Waals surface area (Å²) in [5.41, 5.74) is 1.99. The Bertz CT molecular complexity index is 796. The van der Waals surface area contributed by atoms with Gasteiger partial charge in [0.25, 0.3) is 0 Å². The van der Waals surface area contributed by atoms with Crippen LogP contribution in [0.3, 0.4) is 0 Å². The third-order valence-electron chi connectivity index (χ3n) is 4.60. The minimum atomic E-state index is -0.239. The van der Waals surface area contributed by atoms with Crippen molar-refractivity contribution in [3.63, 3.8) is 0 Å². The van der Waals surface area contributed by atoms with Crippen molar-refractivity contribution in [1.82, 2.24) is 25.2 Å². The minimum Gasteiger partial charge on any atom is -0.360 e. The van der Waals surface area contributed by atoms with Gasteiger partial charge in [0.2, 0.25) is 11.8 Å². The lowest BCUT2D eigenvalue weighted by atomic mass is 10.0. The Morgan fingerprint density at radius 2 is 2.16 bits per heavy atom. The van der Waals surface area contributed by atoms with E-state index in [-0.39, 0.29) is 30.4 Å². The van der Waals surface area contributed by atoms with Gasteiger partial charge in [0.15, 0.2) is 5.82 Å². The molecular formula is C16H22N6O3. The molecule has 2 aromatic heterocycles. The van der Waals surface area contributed by atoms with Crippen LogP contribution in [-0.2, 0) is 16.6 Å². The molecule has 0 bridgehead atoms. The molecule has 1 fully saturated rings. The van der Waals surface area contributed by atoms with E-state index in [2.05, 4.69) is 20.9 Å². The highest BCUT2D eigenvalue weighted by Crippen LogP contribution is 2.33. The van der Waals surface area contributed by atoms with E-state index in [1.54, 1.807) is 35.8 Å². The summed E-state index contributed by atoms with van der Waals surface area (Å²) in [5, 5.41) is 13.8. The first kappa shape index (κ1) is 17.2. The van der Waals surface area contributed by atoms with Crippen LogP contribution in [-0.4, -0.2) is 51.3 Å². The van der Waals surface area contributed by atoms with Gasteiger partial charge in [-0.2, -0.15) is 5.10 Å². The van der Waals surface area contributed by atoms with E-state index in [1.165, 1.54) is 0 Å². The minimum absolute atomic E-state index is 0.0401. The molecule has 0 aromatic carbocycles. The molecule has 134 valence electrons. The monoisotopic (exact) mass is 346 g/mol. The maximum Gasteiger partial charge on any atom is 0.239 e. The number of nitrogens with zero attached hydrogens (tertiary/aromatic N) is 4. The van der Waals surface area contributed by atoms with Gasteiger partial charge in [0.05, 0.1) is 18.8 Å². The molecular weight excluding hydrogens is 324 g/mol. The van der Waals surface area contributed by atoms with E-state index in [9.17, 15) is 9.59 Å². The van der Waals surface area contributed by atoms with Crippen LogP contribution in [0, 0.1) is 13.8 Å². The van der Waals surface area contributed by atoms with Crippen molar-refractivity contribution >= 4 is 17.6 Å². The average molecular weight is 346 g/mol. The highest BCUT2D eigenvalue weighted by molar-refractivity contribution is 5.91. The lowest BCUT2D eigenvalue weighted by Crippen LogP contribution is -2.39. The molecule has 2 N–H and O–H groups in total. The average Bonchev–Trinajstić information content (AvgIpc) is 3.19. The number of hydrogen-bond acceptors (Lipinski definition) is 6. The summed E-state index contributed by atoms with van der Waals surface area (Å²) in [4.78, 5) is 26.0. The third kappa shape index (κ3) is 3.41. The largest absolute Gasteiger partial charge is 0.360 e. The first-order chi connectivity index (χ1) is 11.9. The molecule has 0 saturated carbocycles. The summed E-state index contributed by atoms with van der Waals surface area (Å²) in [6, 6.07) is 1.33. The van der Waals surface area contributed by atoms with Crippen molar-refractivity contribution in [2.24, 2.45) is 7.05 Å². The highest BCUT2D eigenvalue weighted by atomic mass is 16.5. The molecule has 9 heteroatoms. The topological polar surface area (TPSA) is 105 Å². The van der Waals surface area contributed by atoms with Crippen LogP contribution in [0.4, 0.5) is 5.82 Å². The summed E-state index contributed by atoms with van der Waals surface area (Å²) in [6.07, 6.45) is 2.12. The Kier molecular flexibility index (Phi) is 4.58. The van der Waals surface area contributed by atoms with E-state index in [0.717, 1.165) is 11.3 Å². The van der Waals surface area contributed by atoms with E-state index in [1.807, 2.05) is 14.0 Å². The molecule has 2 atom stereocenters. The van der Waals surface area contributed by atoms with Crippen LogP contribution < -0.4 is 10.6 Å². The Labute approximate surface area is 145 Å². The Hall–Kier alpha value is -2.68. The van der Waals surface area contributed by atoms with Gasteiger partial charge in [0, 0.05) is 43.9 Å². The Balaban J connectivity index is 1.66. The second kappa shape index (κ2) is 6.67. The van der Waals surface area contributed by atoms with Gasteiger partial charge in [-0.3, -0.25) is 14.3 Å². The number of aromatic nitrogens is 3. The normalized spacial score (nSPS) is 20.3. The van der Waals surface area contributed by atoms with Gasteiger partial charge in [-0.15, -0.1) is 0 Å². The van der Waals surface area contributed by atoms with Crippen LogP contribution in [0.25, 0.3) is 0 Å². The zero-order valence-corrected chi connectivity index (χ0v) is 14.7. The Morgan fingerprint density at radius 1 is 1.40 bits per heavy atom. The van der Waals surface area contributed by atoms with Gasteiger partial charge in [-0.1, -0.05) is 5.16 Å². The van der Waals surface area contributed by atoms with Crippen molar-refractivity contribution in [2.45, 2.75) is 32.4 Å². The number of nitrogens with one attached hydrogen (secondary N) is 2. The fourth-order valence-corrected chi connectivity index (χ4v) is 3.12. The van der Waals surface area contributed by atoms with Crippen molar-refractivity contribution in [3.05, 3.63) is 29.3 Å². The number of hydrogen-bond donors (Lipinski definition) is 2. The van der Waals surface area contributed by atoms with E-state index < -0.39 is 0 Å². The van der Waals surface area contributed by atoms with Crippen molar-refractivity contribution < 1.29 is 14.1 Å². The summed E-state index contributed by atoms with van der Waals surface area (Å²) in [6.45, 7) is 3.80. The SMILES string of the molecule is Cc1cc(NC(=O)CN[C@@H]2CC(=O)N(C)[C@H]2c2cnn(C)c2C)no1. The van der Waals surface area contributed by atoms with E-state index >= 15 is 0 Å². The first-order valence-electron chi connectivity index (χ1n) is 8.07. The molecule has 0 unspecified atom stereocenters. The highest BCUT2D eigenvalue weighted by Gasteiger charge is 2.40. The smallest absolute Gasteiger partial charge is 0.239 e. The van der Waals surface area contributed by atoms with Crippen LogP contribution in [0.5, 0.6) is 0 Å². The van der Waals surface area contributed by atoms with E-state index in [0.29, 0.717) is 18.0 Å². The number of rotatable bonds is 5. The van der Waals surface area contributed by atoms with Crippen molar-refractivity contribution in [1.29, 1.82) is 0 Å². The molecule has 2 aromatic rings. The van der Waals surface area contributed by atoms with Gasteiger partial charge in [0.1, 0.15) is 5.76 Å². The third-order valence-corrected chi connectivity index (χ3v) is 4.60. The maximum absolute atomic E-state index is 12.2. The number of likely N-dealkylation sites (N-methyl/N-ethyl adjacent to an activating group) is 1. The molecule has 1 aliphatic heterocycles. The van der Waals surface area contributed by atoms with Crippen LogP contribution in [0.2, 0.25) is 0 Å². The van der Waals surface area contributed by atoms with Gasteiger partial charge >= 0.3 is 0 Å². The number of carbonyl (C=O) groups excluding carboxylic acids is 2. The second-order valence-electron chi connectivity index (χ2n) is 6.32. The summed E-state index contributed by atoms with van der Waals surface area (Å²) < 4.78 is 6.70. The number of likely N-dealkylation sites (tertiary alicyclic amines) is 1. The molecule has 0 radical (unpaired) electrons. The fourth-order valence-electron chi connectivity index (χ4n) is 3.12. The van der Waals surface area contributed by atoms with Crippen molar-refractivity contribution in [2.75, 3.05) is 18.9 Å². The summed E-state index contributed by atoms with van der Waals surface area (Å²) in [7, 11) is 3.64. The molecule has 1 aliphatic rings. The number of aryl methyl sites for hydroxylation is 2. The zero-order chi connectivity index (χ0) is 18.1. The molecule has 1 saturated heterocycles. The molecule has 25 heavy (non-hydrogen) atoms. The molecule has 3 rings (SSSR count). The number of anilines is 1. The van der Waals surface area contributed by atoms with E-state index in [4.69, 9.17) is 4.52 Å². The van der Waals surface area contributed by atoms with Crippen LogP contribution in [0.15, 0.2) is 16.8 Å². The fraction of sp³-hybridized carbons (Fsp3) is 0.500. The molecule has 0 aliphatic carbocycles.